The summed E-state index contributed by atoms with van der Waals surface area (Å²) in [6.07, 6.45) is 0. The van der Waals surface area contributed by atoms with E-state index in [1.165, 1.54) is 0 Å². The fraction of sp³-hybridized carbons (Fsp3) is 0.375. The Morgan fingerprint density at radius 3 is 2.82 bits per heavy atom. The number of carbonyl (C=O) groups is 1. The highest BCUT2D eigenvalue weighted by Gasteiger charge is 2.18. The number of nitrogens with one attached hydrogen (secondary N) is 2. The summed E-state index contributed by atoms with van der Waals surface area (Å²) >= 11 is 3.39. The molecule has 0 aliphatic rings. The second-order valence-electron chi connectivity index (χ2n) is 5.20. The number of amides is 1. The third-order valence-corrected chi connectivity index (χ3v) is 3.97. The highest BCUT2D eigenvalue weighted by molar-refractivity contribution is 9.10. The Labute approximate surface area is 137 Å². The van der Waals surface area contributed by atoms with E-state index in [1.54, 1.807) is 19.1 Å². The molecule has 5 nitrogen and oxygen atoms in total. The molecular formula is C16H19BrN2O3. The van der Waals surface area contributed by atoms with Gasteiger partial charge in [0.1, 0.15) is 11.1 Å². The molecule has 0 spiro atoms. The highest BCUT2D eigenvalue weighted by atomic mass is 79.9. The fourth-order valence-corrected chi connectivity index (χ4v) is 2.70. The molecule has 2 rings (SSSR count). The van der Waals surface area contributed by atoms with Gasteiger partial charge in [0, 0.05) is 22.4 Å². The topological polar surface area (TPSA) is 71.3 Å². The zero-order chi connectivity index (χ0) is 16.3. The number of fused-ring (bicyclic) bond motifs is 1. The Morgan fingerprint density at radius 1 is 1.41 bits per heavy atom. The summed E-state index contributed by atoms with van der Waals surface area (Å²) in [5.41, 5.74) is 0.555. The third-order valence-electron chi connectivity index (χ3n) is 3.48. The van der Waals surface area contributed by atoms with Crippen LogP contribution in [-0.4, -0.2) is 25.0 Å². The molecule has 0 saturated heterocycles. The van der Waals surface area contributed by atoms with E-state index in [-0.39, 0.29) is 11.6 Å². The van der Waals surface area contributed by atoms with Crippen molar-refractivity contribution in [2.45, 2.75) is 26.8 Å². The predicted molar refractivity (Wildman–Crippen MR) is 90.4 cm³/mol. The van der Waals surface area contributed by atoms with Crippen LogP contribution in [0.25, 0.3) is 11.0 Å². The molecule has 1 aromatic heterocycles. The molecule has 22 heavy (non-hydrogen) atoms. The number of hydrogen-bond donors (Lipinski definition) is 2. The molecule has 118 valence electrons. The van der Waals surface area contributed by atoms with Gasteiger partial charge in [-0.05, 0) is 44.2 Å². The number of rotatable bonds is 5. The minimum absolute atomic E-state index is 0.0642. The van der Waals surface area contributed by atoms with Gasteiger partial charge < -0.3 is 15.1 Å². The van der Waals surface area contributed by atoms with E-state index in [4.69, 9.17) is 4.42 Å². The van der Waals surface area contributed by atoms with E-state index < -0.39 is 11.5 Å². The van der Waals surface area contributed by atoms with Crippen molar-refractivity contribution in [2.24, 2.45) is 0 Å². The quantitative estimate of drug-likeness (QED) is 0.797. The number of carbonyl (C=O) groups excluding carboxylic acids is 1. The van der Waals surface area contributed by atoms with E-state index in [0.29, 0.717) is 17.7 Å². The Balaban J connectivity index is 2.34. The second kappa shape index (κ2) is 7.07. The molecule has 0 aliphatic heterocycles. The van der Waals surface area contributed by atoms with Crippen LogP contribution in [0.3, 0.4) is 0 Å². The van der Waals surface area contributed by atoms with E-state index in [0.717, 1.165) is 16.4 Å². The van der Waals surface area contributed by atoms with E-state index in [2.05, 4.69) is 26.6 Å². The minimum atomic E-state index is -0.610. The first-order chi connectivity index (χ1) is 10.4. The number of halogens is 1. The summed E-state index contributed by atoms with van der Waals surface area (Å²) in [5.74, 6) is -0.405. The Hall–Kier alpha value is -1.66. The van der Waals surface area contributed by atoms with Gasteiger partial charge in [-0.25, -0.2) is 4.79 Å². The van der Waals surface area contributed by atoms with Gasteiger partial charge in [-0.15, -0.1) is 0 Å². The van der Waals surface area contributed by atoms with Crippen molar-refractivity contribution < 1.29 is 9.21 Å². The van der Waals surface area contributed by atoms with Gasteiger partial charge in [0.2, 0.25) is 0 Å². The molecule has 0 aliphatic carbocycles. The number of aryl methyl sites for hydroxylation is 1. The molecular weight excluding hydrogens is 348 g/mol. The van der Waals surface area contributed by atoms with Crippen molar-refractivity contribution in [3.63, 3.8) is 0 Å². The van der Waals surface area contributed by atoms with Gasteiger partial charge in [0.05, 0.1) is 0 Å². The van der Waals surface area contributed by atoms with Crippen molar-refractivity contribution in [1.82, 2.24) is 10.6 Å². The largest absolute Gasteiger partial charge is 0.422 e. The monoisotopic (exact) mass is 366 g/mol. The van der Waals surface area contributed by atoms with Crippen LogP contribution in [0.15, 0.2) is 31.9 Å². The van der Waals surface area contributed by atoms with Gasteiger partial charge in [-0.2, -0.15) is 0 Å². The van der Waals surface area contributed by atoms with E-state index in [1.807, 2.05) is 19.9 Å². The van der Waals surface area contributed by atoms with Crippen molar-refractivity contribution in [2.75, 3.05) is 13.1 Å². The van der Waals surface area contributed by atoms with Gasteiger partial charge in [0.25, 0.3) is 5.91 Å². The van der Waals surface area contributed by atoms with Gasteiger partial charge >= 0.3 is 5.63 Å². The molecule has 0 radical (unpaired) electrons. The molecule has 0 fully saturated rings. The second-order valence-corrected chi connectivity index (χ2v) is 6.11. The smallest absolute Gasteiger partial charge is 0.349 e. The minimum Gasteiger partial charge on any atom is -0.422 e. The molecule has 1 aromatic carbocycles. The van der Waals surface area contributed by atoms with Gasteiger partial charge in [0.15, 0.2) is 0 Å². The molecule has 6 heteroatoms. The van der Waals surface area contributed by atoms with Crippen LogP contribution in [0.2, 0.25) is 0 Å². The van der Waals surface area contributed by atoms with E-state index >= 15 is 0 Å². The highest BCUT2D eigenvalue weighted by Crippen LogP contribution is 2.23. The number of hydrogen-bond acceptors (Lipinski definition) is 4. The van der Waals surface area contributed by atoms with Crippen LogP contribution in [0.5, 0.6) is 0 Å². The molecule has 1 amide bonds. The maximum Gasteiger partial charge on any atom is 0.349 e. The van der Waals surface area contributed by atoms with E-state index in [9.17, 15) is 9.59 Å². The molecule has 0 unspecified atom stereocenters. The molecule has 1 atom stereocenters. The average molecular weight is 367 g/mol. The molecule has 1 heterocycles. The van der Waals surface area contributed by atoms with Crippen molar-refractivity contribution in [3.8, 4) is 0 Å². The van der Waals surface area contributed by atoms with Crippen LogP contribution >= 0.6 is 15.9 Å². The first kappa shape index (κ1) is 16.7. The SMILES string of the molecule is CCN[C@H](C)CNC(=O)c1c(C)c2cc(Br)ccc2oc1=O. The van der Waals surface area contributed by atoms with Crippen LogP contribution < -0.4 is 16.3 Å². The molecule has 0 bridgehead atoms. The van der Waals surface area contributed by atoms with Gasteiger partial charge in [-0.1, -0.05) is 22.9 Å². The predicted octanol–water partition coefficient (Wildman–Crippen LogP) is 2.59. The molecule has 2 aromatic rings. The summed E-state index contributed by atoms with van der Waals surface area (Å²) in [6, 6.07) is 5.48. The normalized spacial score (nSPS) is 12.4. The average Bonchev–Trinajstić information content (AvgIpc) is 2.46. The number of benzene rings is 1. The summed E-state index contributed by atoms with van der Waals surface area (Å²) < 4.78 is 6.12. The summed E-state index contributed by atoms with van der Waals surface area (Å²) in [6.45, 7) is 6.99. The maximum atomic E-state index is 12.3. The first-order valence-corrected chi connectivity index (χ1v) is 7.97. The Bertz CT molecular complexity index is 755. The van der Waals surface area contributed by atoms with Crippen LogP contribution in [0.4, 0.5) is 0 Å². The lowest BCUT2D eigenvalue weighted by molar-refractivity contribution is 0.0946. The molecule has 2 N–H and O–H groups in total. The van der Waals surface area contributed by atoms with Crippen LogP contribution in [0.1, 0.15) is 29.8 Å². The lowest BCUT2D eigenvalue weighted by atomic mass is 10.1. The Morgan fingerprint density at radius 2 is 2.14 bits per heavy atom. The lowest BCUT2D eigenvalue weighted by Crippen LogP contribution is -2.40. The fourth-order valence-electron chi connectivity index (χ4n) is 2.34. The maximum absolute atomic E-state index is 12.3. The van der Waals surface area contributed by atoms with Crippen LogP contribution in [0, 0.1) is 6.92 Å². The number of likely N-dealkylation sites (N-methyl/N-ethyl adjacent to an activating group) is 1. The zero-order valence-electron chi connectivity index (χ0n) is 12.8. The standard InChI is InChI=1S/C16H19BrN2O3/c1-4-18-9(2)8-19-15(20)14-10(3)12-7-11(17)5-6-13(12)22-16(14)21/h5-7,9,18H,4,8H2,1-3H3,(H,19,20)/t9-/m1/s1. The summed E-state index contributed by atoms with van der Waals surface area (Å²) in [5, 5.41) is 6.72. The summed E-state index contributed by atoms with van der Waals surface area (Å²) in [7, 11) is 0. The lowest BCUT2D eigenvalue weighted by Gasteiger charge is -2.14. The molecule has 0 saturated carbocycles. The Kier molecular flexibility index (Phi) is 5.37. The first-order valence-electron chi connectivity index (χ1n) is 7.18. The third kappa shape index (κ3) is 3.56. The van der Waals surface area contributed by atoms with Crippen molar-refractivity contribution in [1.29, 1.82) is 0 Å². The van der Waals surface area contributed by atoms with Crippen LogP contribution in [-0.2, 0) is 0 Å². The summed E-state index contributed by atoms with van der Waals surface area (Å²) in [4.78, 5) is 24.4. The van der Waals surface area contributed by atoms with Crippen molar-refractivity contribution >= 4 is 32.8 Å². The van der Waals surface area contributed by atoms with Crippen molar-refractivity contribution in [3.05, 3.63) is 44.2 Å². The van der Waals surface area contributed by atoms with Gasteiger partial charge in [-0.3, -0.25) is 4.79 Å². The zero-order valence-corrected chi connectivity index (χ0v) is 14.4.